The minimum atomic E-state index is -1.13. The van der Waals surface area contributed by atoms with Crippen LogP contribution in [0.5, 0.6) is 17.2 Å². The summed E-state index contributed by atoms with van der Waals surface area (Å²) in [6.45, 7) is 1.81. The van der Waals surface area contributed by atoms with Crippen LogP contribution in [0.3, 0.4) is 0 Å². The number of hydrogen-bond donors (Lipinski definition) is 6. The van der Waals surface area contributed by atoms with Gasteiger partial charge in [0.25, 0.3) is 5.91 Å². The van der Waals surface area contributed by atoms with Crippen molar-refractivity contribution < 1.29 is 34.4 Å². The molecule has 1 unspecified atom stereocenters. The Labute approximate surface area is 324 Å². The van der Waals surface area contributed by atoms with Crippen LogP contribution in [0.1, 0.15) is 56.7 Å². The fraction of sp³-hybridized carbons (Fsp3) is 0.205. The van der Waals surface area contributed by atoms with E-state index in [1.165, 1.54) is 12.1 Å². The Morgan fingerprint density at radius 3 is 2.29 bits per heavy atom. The highest BCUT2D eigenvalue weighted by Crippen LogP contribution is 2.29. The molecular formula is C44H44N4O8. The van der Waals surface area contributed by atoms with Crippen LogP contribution in [-0.4, -0.2) is 63.9 Å². The van der Waals surface area contributed by atoms with Crippen LogP contribution in [0.15, 0.2) is 132 Å². The van der Waals surface area contributed by atoms with E-state index in [1.807, 2.05) is 91.0 Å². The van der Waals surface area contributed by atoms with Gasteiger partial charge in [-0.25, -0.2) is 4.79 Å². The summed E-state index contributed by atoms with van der Waals surface area (Å²) < 4.78 is 11.4. The van der Waals surface area contributed by atoms with E-state index in [9.17, 15) is 29.7 Å². The lowest BCUT2D eigenvalue weighted by Gasteiger charge is -2.24. The summed E-state index contributed by atoms with van der Waals surface area (Å²) in [5.41, 5.74) is 4.37. The first-order valence-electron chi connectivity index (χ1n) is 18.2. The number of carbonyl (C=O) groups excluding carboxylic acids is 1. The van der Waals surface area contributed by atoms with Crippen molar-refractivity contribution >= 4 is 22.9 Å². The molecule has 2 amide bonds. The van der Waals surface area contributed by atoms with Gasteiger partial charge in [0.05, 0.1) is 24.8 Å². The number of aliphatic hydroxyl groups excluding tert-OH is 1. The molecule has 0 spiro atoms. The molecule has 5 aromatic carbocycles. The number of aliphatic hydroxyl groups is 1. The average Bonchev–Trinajstić information content (AvgIpc) is 3.22. The Morgan fingerprint density at radius 1 is 0.821 bits per heavy atom. The minimum Gasteiger partial charge on any atom is -0.506 e. The highest BCUT2D eigenvalue weighted by atomic mass is 16.5. The number of aromatic amines is 1. The van der Waals surface area contributed by atoms with Crippen molar-refractivity contribution in [1.29, 1.82) is 0 Å². The number of amides is 2. The van der Waals surface area contributed by atoms with Gasteiger partial charge in [0, 0.05) is 36.7 Å². The zero-order valence-corrected chi connectivity index (χ0v) is 30.9. The molecule has 56 heavy (non-hydrogen) atoms. The van der Waals surface area contributed by atoms with E-state index < -0.39 is 18.2 Å². The normalized spacial score (nSPS) is 12.1. The number of H-pyrrole nitrogens is 1. The molecule has 6 rings (SSSR count). The van der Waals surface area contributed by atoms with Crippen LogP contribution in [0.2, 0.25) is 0 Å². The molecule has 0 aliphatic rings. The zero-order valence-electron chi connectivity index (χ0n) is 30.9. The Kier molecular flexibility index (Phi) is 13.0. The number of rotatable bonds is 17. The largest absolute Gasteiger partial charge is 0.506 e. The molecule has 1 aromatic heterocycles. The number of nitrogens with zero attached hydrogens (tertiary/aromatic N) is 1. The van der Waals surface area contributed by atoms with Gasteiger partial charge in [-0.1, -0.05) is 72.8 Å². The number of hydrogen-bond acceptors (Lipinski definition) is 8. The van der Waals surface area contributed by atoms with Gasteiger partial charge in [-0.15, -0.1) is 0 Å². The van der Waals surface area contributed by atoms with Crippen molar-refractivity contribution in [3.05, 3.63) is 171 Å². The predicted octanol–water partition coefficient (Wildman–Crippen LogP) is 6.53. The lowest BCUT2D eigenvalue weighted by molar-refractivity contribution is 0.0740. The molecule has 12 nitrogen and oxygen atoms in total. The van der Waals surface area contributed by atoms with Gasteiger partial charge in [-0.2, -0.15) is 0 Å². The molecule has 0 saturated heterocycles. The van der Waals surface area contributed by atoms with Crippen LogP contribution in [0, 0.1) is 0 Å². The van der Waals surface area contributed by atoms with E-state index in [0.717, 1.165) is 28.0 Å². The number of aromatic nitrogens is 1. The van der Waals surface area contributed by atoms with Gasteiger partial charge < -0.3 is 45.3 Å². The van der Waals surface area contributed by atoms with Crippen LogP contribution in [0.25, 0.3) is 10.9 Å². The Morgan fingerprint density at radius 2 is 1.55 bits per heavy atom. The second kappa shape index (κ2) is 18.6. The lowest BCUT2D eigenvalue weighted by Crippen LogP contribution is -2.33. The first-order valence-corrected chi connectivity index (χ1v) is 18.2. The third-order valence-corrected chi connectivity index (χ3v) is 9.40. The number of benzene rings is 5. The van der Waals surface area contributed by atoms with Gasteiger partial charge in [0.1, 0.15) is 23.9 Å². The van der Waals surface area contributed by atoms with Crippen molar-refractivity contribution in [3.63, 3.8) is 0 Å². The average molecular weight is 757 g/mol. The van der Waals surface area contributed by atoms with Crippen LogP contribution >= 0.6 is 0 Å². The first-order chi connectivity index (χ1) is 27.2. The minimum absolute atomic E-state index is 0.0707. The SMILES string of the molecule is COc1ccc(CN(CCCNCC(O)c2ccc(O)c3[nH]c(=O)ccc23)C(=O)c2ccc(COc3cccc([C@@H](NC(=O)O)c4ccccc4)c3)cc2)cc1. The highest BCUT2D eigenvalue weighted by molar-refractivity contribution is 5.94. The molecular weight excluding hydrogens is 713 g/mol. The smallest absolute Gasteiger partial charge is 0.405 e. The second-order valence-corrected chi connectivity index (χ2v) is 13.3. The maximum atomic E-state index is 13.9. The van der Waals surface area contributed by atoms with E-state index in [4.69, 9.17) is 9.47 Å². The van der Waals surface area contributed by atoms with E-state index in [0.29, 0.717) is 48.3 Å². The quantitative estimate of drug-likeness (QED) is 0.0566. The molecule has 2 atom stereocenters. The molecule has 6 aromatic rings. The summed E-state index contributed by atoms with van der Waals surface area (Å²) in [4.78, 5) is 41.7. The molecule has 288 valence electrons. The molecule has 0 fully saturated rings. The molecule has 0 saturated carbocycles. The van der Waals surface area contributed by atoms with Crippen molar-refractivity contribution in [1.82, 2.24) is 20.5 Å². The van der Waals surface area contributed by atoms with Crippen LogP contribution in [-0.2, 0) is 13.2 Å². The van der Waals surface area contributed by atoms with Crippen molar-refractivity contribution in [2.24, 2.45) is 0 Å². The highest BCUT2D eigenvalue weighted by Gasteiger charge is 2.19. The zero-order chi connectivity index (χ0) is 39.4. The van der Waals surface area contributed by atoms with Crippen molar-refractivity contribution in [2.45, 2.75) is 31.7 Å². The molecule has 0 aliphatic carbocycles. The fourth-order valence-electron chi connectivity index (χ4n) is 6.50. The van der Waals surface area contributed by atoms with E-state index in [1.54, 1.807) is 36.3 Å². The molecule has 0 bridgehead atoms. The number of aromatic hydroxyl groups is 1. The first kappa shape index (κ1) is 39.1. The number of ether oxygens (including phenoxy) is 2. The van der Waals surface area contributed by atoms with Gasteiger partial charge >= 0.3 is 6.09 Å². The lowest BCUT2D eigenvalue weighted by atomic mass is 9.98. The molecule has 0 aliphatic heterocycles. The summed E-state index contributed by atoms with van der Waals surface area (Å²) in [5, 5.41) is 37.0. The van der Waals surface area contributed by atoms with Crippen LogP contribution < -0.4 is 25.7 Å². The predicted molar refractivity (Wildman–Crippen MR) is 213 cm³/mol. The summed E-state index contributed by atoms with van der Waals surface area (Å²) in [7, 11) is 1.60. The van der Waals surface area contributed by atoms with Crippen molar-refractivity contribution in [3.8, 4) is 17.2 Å². The monoisotopic (exact) mass is 756 g/mol. The number of nitrogens with one attached hydrogen (secondary N) is 3. The number of phenols is 1. The third kappa shape index (κ3) is 10.1. The van der Waals surface area contributed by atoms with Crippen molar-refractivity contribution in [2.75, 3.05) is 26.7 Å². The van der Waals surface area contributed by atoms with Gasteiger partial charge in [0.2, 0.25) is 5.56 Å². The number of carbonyl (C=O) groups is 2. The number of carboxylic acid groups (broad SMARTS) is 1. The summed E-state index contributed by atoms with van der Waals surface area (Å²) in [5.74, 6) is 1.09. The number of pyridine rings is 1. The van der Waals surface area contributed by atoms with Gasteiger partial charge in [-0.05, 0) is 89.3 Å². The third-order valence-electron chi connectivity index (χ3n) is 9.40. The molecule has 1 heterocycles. The molecule has 12 heteroatoms. The van der Waals surface area contributed by atoms with E-state index in [2.05, 4.69) is 15.6 Å². The fourth-order valence-corrected chi connectivity index (χ4v) is 6.50. The Balaban J connectivity index is 1.07. The second-order valence-electron chi connectivity index (χ2n) is 13.3. The maximum absolute atomic E-state index is 13.9. The molecule has 0 radical (unpaired) electrons. The summed E-state index contributed by atoms with van der Waals surface area (Å²) in [6, 6.07) is 36.9. The summed E-state index contributed by atoms with van der Waals surface area (Å²) >= 11 is 0. The number of fused-ring (bicyclic) bond motifs is 1. The van der Waals surface area contributed by atoms with E-state index in [-0.39, 0.29) is 35.9 Å². The van der Waals surface area contributed by atoms with E-state index >= 15 is 0 Å². The maximum Gasteiger partial charge on any atom is 0.405 e. The summed E-state index contributed by atoms with van der Waals surface area (Å²) in [6.07, 6.45) is -1.42. The molecule has 6 N–H and O–H groups in total. The Hall–Kier alpha value is -6.63. The number of methoxy groups -OCH3 is 1. The standard InChI is InChI=1S/C44H44N4O8/c1-55-34-17-13-29(14-18-34)27-48(24-6-23-45-26-39(50)36-19-21-38(49)42-37(36)20-22-40(51)46-42)43(52)32-15-11-30(12-16-32)28-56-35-10-5-9-33(25-35)41(47-44(53)54)31-7-3-2-4-8-31/h2-5,7-22,25,39,41,45,47,49-50H,6,23-24,26-28H2,1H3,(H,46,51)(H,53,54)/t39?,41-/m0/s1. The van der Waals surface area contributed by atoms with Gasteiger partial charge in [0.15, 0.2) is 0 Å². The number of phenolic OH excluding ortho intramolecular Hbond substituents is 1. The topological polar surface area (TPSA) is 173 Å². The Bertz CT molecular complexity index is 2300. The van der Waals surface area contributed by atoms with Crippen LogP contribution in [0.4, 0.5) is 4.79 Å². The van der Waals surface area contributed by atoms with Gasteiger partial charge in [-0.3, -0.25) is 9.59 Å².